The monoisotopic (exact) mass is 288 g/mol. The predicted molar refractivity (Wildman–Crippen MR) is 71.7 cm³/mol. The fraction of sp³-hybridized carbons (Fsp3) is 0.0667. The van der Waals surface area contributed by atoms with Crippen LogP contribution in [-0.2, 0) is 6.54 Å². The van der Waals surface area contributed by atoms with E-state index in [4.69, 9.17) is 4.42 Å². The lowest BCUT2D eigenvalue weighted by Gasteiger charge is -2.02. The number of hydrogen-bond acceptors (Lipinski definition) is 3. The Morgan fingerprint density at radius 3 is 2.76 bits per heavy atom. The lowest BCUT2D eigenvalue weighted by molar-refractivity contribution is 0.477. The number of nitrogens with zero attached hydrogens (tertiary/aromatic N) is 2. The Hall–Kier alpha value is -2.76. The number of rotatable bonds is 3. The van der Waals surface area contributed by atoms with E-state index in [1.54, 1.807) is 18.2 Å². The topological polar surface area (TPSA) is 48.0 Å². The van der Waals surface area contributed by atoms with Gasteiger partial charge in [-0.1, -0.05) is 12.1 Å². The standard InChI is InChI=1S/C15H10F2N2O2/c16-10-5-6-15(20)19(8-10)9-14-18-7-13(21-14)11-3-1-2-4-12(11)17/h1-8H,9H2. The molecular formula is C15H10F2N2O2. The third-order valence-corrected chi connectivity index (χ3v) is 2.95. The molecule has 0 saturated heterocycles. The summed E-state index contributed by atoms with van der Waals surface area (Å²) in [7, 11) is 0. The van der Waals surface area contributed by atoms with Crippen LogP contribution in [0, 0.1) is 11.6 Å². The smallest absolute Gasteiger partial charge is 0.251 e. The number of benzene rings is 1. The number of aromatic nitrogens is 2. The fourth-order valence-corrected chi connectivity index (χ4v) is 1.94. The molecule has 1 aromatic carbocycles. The number of halogens is 2. The molecular weight excluding hydrogens is 278 g/mol. The minimum absolute atomic E-state index is 0.0228. The lowest BCUT2D eigenvalue weighted by atomic mass is 10.2. The summed E-state index contributed by atoms with van der Waals surface area (Å²) in [5.41, 5.74) is -0.0927. The molecule has 2 aromatic heterocycles. The zero-order valence-electron chi connectivity index (χ0n) is 10.8. The molecule has 6 heteroatoms. The number of pyridine rings is 1. The maximum absolute atomic E-state index is 13.6. The maximum atomic E-state index is 13.6. The van der Waals surface area contributed by atoms with Crippen LogP contribution < -0.4 is 5.56 Å². The molecule has 0 saturated carbocycles. The molecule has 3 rings (SSSR count). The van der Waals surface area contributed by atoms with Crippen molar-refractivity contribution in [1.82, 2.24) is 9.55 Å². The Kier molecular flexibility index (Phi) is 3.35. The van der Waals surface area contributed by atoms with Gasteiger partial charge in [-0.05, 0) is 18.2 Å². The molecule has 3 aromatic rings. The Bertz CT molecular complexity index is 839. The minimum Gasteiger partial charge on any atom is -0.439 e. The Labute approximate surface area is 118 Å². The van der Waals surface area contributed by atoms with E-state index >= 15 is 0 Å². The molecule has 2 heterocycles. The Morgan fingerprint density at radius 2 is 1.95 bits per heavy atom. The summed E-state index contributed by atoms with van der Waals surface area (Å²) in [6.07, 6.45) is 2.44. The molecule has 0 atom stereocenters. The quantitative estimate of drug-likeness (QED) is 0.744. The first-order valence-corrected chi connectivity index (χ1v) is 6.19. The summed E-state index contributed by atoms with van der Waals surface area (Å²) in [6.45, 7) is -0.0228. The molecule has 0 fully saturated rings. The van der Waals surface area contributed by atoms with Gasteiger partial charge in [0, 0.05) is 12.3 Å². The van der Waals surface area contributed by atoms with Crippen molar-refractivity contribution in [2.75, 3.05) is 0 Å². The van der Waals surface area contributed by atoms with Gasteiger partial charge in [-0.3, -0.25) is 4.79 Å². The molecule has 0 aliphatic rings. The van der Waals surface area contributed by atoms with Gasteiger partial charge in [0.1, 0.15) is 18.2 Å². The van der Waals surface area contributed by atoms with Crippen LogP contribution in [0.5, 0.6) is 0 Å². The average molecular weight is 288 g/mol. The third kappa shape index (κ3) is 2.74. The van der Waals surface area contributed by atoms with Gasteiger partial charge >= 0.3 is 0 Å². The highest BCUT2D eigenvalue weighted by Crippen LogP contribution is 2.23. The van der Waals surface area contributed by atoms with E-state index in [1.165, 1.54) is 12.3 Å². The second-order valence-corrected chi connectivity index (χ2v) is 4.41. The average Bonchev–Trinajstić information content (AvgIpc) is 2.92. The molecule has 0 aliphatic heterocycles. The Balaban J connectivity index is 1.91. The van der Waals surface area contributed by atoms with Crippen molar-refractivity contribution in [3.05, 3.63) is 76.7 Å². The van der Waals surface area contributed by atoms with Crippen molar-refractivity contribution < 1.29 is 13.2 Å². The van der Waals surface area contributed by atoms with Crippen molar-refractivity contribution in [3.63, 3.8) is 0 Å². The largest absolute Gasteiger partial charge is 0.439 e. The van der Waals surface area contributed by atoms with E-state index in [2.05, 4.69) is 4.98 Å². The van der Waals surface area contributed by atoms with Gasteiger partial charge in [0.05, 0.1) is 11.8 Å². The summed E-state index contributed by atoms with van der Waals surface area (Å²) in [5, 5.41) is 0. The van der Waals surface area contributed by atoms with Gasteiger partial charge in [-0.2, -0.15) is 0 Å². The molecule has 106 valence electrons. The highest BCUT2D eigenvalue weighted by Gasteiger charge is 2.11. The van der Waals surface area contributed by atoms with Crippen LogP contribution in [0.4, 0.5) is 8.78 Å². The van der Waals surface area contributed by atoms with Crippen molar-refractivity contribution in [2.45, 2.75) is 6.54 Å². The van der Waals surface area contributed by atoms with Gasteiger partial charge in [0.2, 0.25) is 5.89 Å². The van der Waals surface area contributed by atoms with Gasteiger partial charge in [0.25, 0.3) is 5.56 Å². The highest BCUT2D eigenvalue weighted by atomic mass is 19.1. The van der Waals surface area contributed by atoms with Gasteiger partial charge in [0.15, 0.2) is 5.76 Å². The second kappa shape index (κ2) is 5.32. The predicted octanol–water partition coefficient (Wildman–Crippen LogP) is 2.83. The molecule has 0 spiro atoms. The number of hydrogen-bond donors (Lipinski definition) is 0. The maximum Gasteiger partial charge on any atom is 0.251 e. The summed E-state index contributed by atoms with van der Waals surface area (Å²) in [4.78, 5) is 15.6. The molecule has 0 N–H and O–H groups in total. The zero-order valence-corrected chi connectivity index (χ0v) is 10.8. The Morgan fingerprint density at radius 1 is 1.14 bits per heavy atom. The minimum atomic E-state index is -0.532. The summed E-state index contributed by atoms with van der Waals surface area (Å²) >= 11 is 0. The van der Waals surface area contributed by atoms with Gasteiger partial charge < -0.3 is 8.98 Å². The SMILES string of the molecule is O=c1ccc(F)cn1Cc1ncc(-c2ccccc2F)o1. The summed E-state index contributed by atoms with van der Waals surface area (Å²) < 4.78 is 33.3. The van der Waals surface area contributed by atoms with Crippen LogP contribution >= 0.6 is 0 Å². The van der Waals surface area contributed by atoms with Crippen LogP contribution in [0.15, 0.2) is 58.0 Å². The third-order valence-electron chi connectivity index (χ3n) is 2.95. The second-order valence-electron chi connectivity index (χ2n) is 4.41. The van der Waals surface area contributed by atoms with Crippen LogP contribution in [0.2, 0.25) is 0 Å². The summed E-state index contributed by atoms with van der Waals surface area (Å²) in [6, 6.07) is 8.33. The first-order valence-electron chi connectivity index (χ1n) is 6.19. The van der Waals surface area contributed by atoms with Gasteiger partial charge in [-0.15, -0.1) is 0 Å². The van der Waals surface area contributed by atoms with Crippen LogP contribution in [0.3, 0.4) is 0 Å². The van der Waals surface area contributed by atoms with Gasteiger partial charge in [-0.25, -0.2) is 13.8 Å². The van der Waals surface area contributed by atoms with Crippen LogP contribution in [0.1, 0.15) is 5.89 Å². The lowest BCUT2D eigenvalue weighted by Crippen LogP contribution is -2.19. The summed E-state index contributed by atoms with van der Waals surface area (Å²) in [5.74, 6) is -0.507. The first kappa shape index (κ1) is 13.2. The van der Waals surface area contributed by atoms with Crippen molar-refractivity contribution in [1.29, 1.82) is 0 Å². The van der Waals surface area contributed by atoms with E-state index in [0.717, 1.165) is 22.9 Å². The molecule has 21 heavy (non-hydrogen) atoms. The van der Waals surface area contributed by atoms with Crippen molar-refractivity contribution in [2.24, 2.45) is 0 Å². The molecule has 0 unspecified atom stereocenters. The molecule has 0 bridgehead atoms. The normalized spacial score (nSPS) is 10.8. The number of oxazole rings is 1. The highest BCUT2D eigenvalue weighted by molar-refractivity contribution is 5.56. The molecule has 4 nitrogen and oxygen atoms in total. The van der Waals surface area contributed by atoms with E-state index in [0.29, 0.717) is 0 Å². The van der Waals surface area contributed by atoms with Crippen LogP contribution in [-0.4, -0.2) is 9.55 Å². The van der Waals surface area contributed by atoms with Crippen LogP contribution in [0.25, 0.3) is 11.3 Å². The molecule has 0 amide bonds. The fourth-order valence-electron chi connectivity index (χ4n) is 1.94. The van der Waals surface area contributed by atoms with E-state index < -0.39 is 11.6 Å². The van der Waals surface area contributed by atoms with Crippen molar-refractivity contribution >= 4 is 0 Å². The first-order chi connectivity index (χ1) is 10.1. The van der Waals surface area contributed by atoms with E-state index in [1.807, 2.05) is 0 Å². The van der Waals surface area contributed by atoms with Crippen molar-refractivity contribution in [3.8, 4) is 11.3 Å². The van der Waals surface area contributed by atoms with E-state index in [9.17, 15) is 13.6 Å². The molecule has 0 radical (unpaired) electrons. The van der Waals surface area contributed by atoms with E-state index in [-0.39, 0.29) is 29.3 Å². The zero-order chi connectivity index (χ0) is 14.8. The molecule has 0 aliphatic carbocycles.